The molecule has 3 aliphatic heterocycles. The van der Waals surface area contributed by atoms with Gasteiger partial charge in [0.05, 0.1) is 14.9 Å². The summed E-state index contributed by atoms with van der Waals surface area (Å²) < 4.78 is 31.1. The molecule has 6 rings (SSSR count). The SMILES string of the molecule is CC(C)c1cc(C(C)C)c(S(=O)(=O)N2c3ccccc3[C@@]3(Br)CC4C(=O)NC(Cc5ccccc5)C(=O)N4C23)c(C(C)C)c1. The van der Waals surface area contributed by atoms with Gasteiger partial charge in [0.1, 0.15) is 18.2 Å². The third-order valence-corrected chi connectivity index (χ3v) is 12.4. The van der Waals surface area contributed by atoms with Crippen LogP contribution in [0, 0.1) is 0 Å². The van der Waals surface area contributed by atoms with E-state index in [0.29, 0.717) is 17.0 Å². The summed E-state index contributed by atoms with van der Waals surface area (Å²) in [6, 6.07) is 19.4. The normalized spacial score (nSPS) is 24.6. The highest BCUT2D eigenvalue weighted by Crippen LogP contribution is 2.60. The molecule has 2 amide bonds. The van der Waals surface area contributed by atoms with Crippen molar-refractivity contribution in [3.63, 3.8) is 0 Å². The summed E-state index contributed by atoms with van der Waals surface area (Å²) in [6.45, 7) is 12.3. The predicted molar refractivity (Wildman–Crippen MR) is 177 cm³/mol. The summed E-state index contributed by atoms with van der Waals surface area (Å²) in [7, 11) is -4.23. The van der Waals surface area contributed by atoms with Gasteiger partial charge in [0, 0.05) is 12.8 Å². The number of piperazine rings is 1. The molecule has 2 saturated heterocycles. The number of nitrogens with one attached hydrogen (secondary N) is 1. The van der Waals surface area contributed by atoms with E-state index in [-0.39, 0.29) is 36.0 Å². The molecule has 3 aromatic carbocycles. The molecule has 3 aromatic rings. The Morgan fingerprint density at radius 2 is 1.48 bits per heavy atom. The average Bonchev–Trinajstić information content (AvgIpc) is 3.43. The fourth-order valence-electron chi connectivity index (χ4n) is 7.11. The first-order valence-electron chi connectivity index (χ1n) is 15.4. The molecule has 2 fully saturated rings. The number of fused-ring (bicyclic) bond motifs is 5. The molecular weight excluding hydrogens is 638 g/mol. The Hall–Kier alpha value is -3.17. The second kappa shape index (κ2) is 11.0. The molecule has 0 aromatic heterocycles. The van der Waals surface area contributed by atoms with E-state index in [1.807, 2.05) is 94.4 Å². The van der Waals surface area contributed by atoms with Crippen molar-refractivity contribution in [2.75, 3.05) is 4.31 Å². The number of halogens is 1. The number of sulfonamides is 1. The van der Waals surface area contributed by atoms with Crippen LogP contribution in [0.15, 0.2) is 71.6 Å². The standard InChI is InChI=1S/C35H40BrN3O4S/c1-20(2)24-17-25(21(3)4)31(26(18-24)22(5)6)44(42,43)39-29-15-11-10-14-27(29)35(36)19-30-32(40)37-28(33(41)38(30)34(35)39)16-23-12-8-7-9-13-23/h7-15,17-18,20-22,28,30,34H,16,19H2,1-6H3,(H,37,40)/t28?,30?,34?,35-/m0/s1. The molecular formula is C35H40BrN3O4S. The van der Waals surface area contributed by atoms with Crippen LogP contribution in [0.3, 0.4) is 0 Å². The van der Waals surface area contributed by atoms with Crippen LogP contribution in [0.25, 0.3) is 0 Å². The zero-order chi connectivity index (χ0) is 31.7. The summed E-state index contributed by atoms with van der Waals surface area (Å²) in [4.78, 5) is 29.8. The van der Waals surface area contributed by atoms with Gasteiger partial charge < -0.3 is 10.2 Å². The molecule has 0 saturated carbocycles. The molecule has 0 bridgehead atoms. The summed E-state index contributed by atoms with van der Waals surface area (Å²) in [5.41, 5.74) is 4.84. The fourth-order valence-corrected chi connectivity index (χ4v) is 10.7. The van der Waals surface area contributed by atoms with Gasteiger partial charge in [-0.25, -0.2) is 12.7 Å². The number of carbonyl (C=O) groups excluding carboxylic acids is 2. The molecule has 9 heteroatoms. The highest BCUT2D eigenvalue weighted by Gasteiger charge is 2.67. The van der Waals surface area contributed by atoms with Crippen LogP contribution < -0.4 is 9.62 Å². The number of hydrogen-bond acceptors (Lipinski definition) is 4. The summed E-state index contributed by atoms with van der Waals surface area (Å²) in [6.07, 6.45) is -0.366. The van der Waals surface area contributed by atoms with E-state index in [1.54, 1.807) is 4.90 Å². The lowest BCUT2D eigenvalue weighted by molar-refractivity contribution is -0.148. The van der Waals surface area contributed by atoms with Crippen molar-refractivity contribution in [3.05, 3.63) is 94.5 Å². The number of hydrogen-bond donors (Lipinski definition) is 1. The van der Waals surface area contributed by atoms with Crippen LogP contribution in [0.4, 0.5) is 5.69 Å². The van der Waals surface area contributed by atoms with E-state index in [2.05, 4.69) is 35.1 Å². The van der Waals surface area contributed by atoms with Gasteiger partial charge in [0.15, 0.2) is 0 Å². The zero-order valence-corrected chi connectivity index (χ0v) is 28.4. The Balaban J connectivity index is 1.55. The maximum absolute atomic E-state index is 15.3. The predicted octanol–water partition coefficient (Wildman–Crippen LogP) is 6.52. The van der Waals surface area contributed by atoms with Crippen molar-refractivity contribution in [3.8, 4) is 0 Å². The topological polar surface area (TPSA) is 86.8 Å². The van der Waals surface area contributed by atoms with Gasteiger partial charge in [-0.3, -0.25) is 9.59 Å². The number of anilines is 1. The molecule has 0 spiro atoms. The van der Waals surface area contributed by atoms with Crippen molar-refractivity contribution >= 4 is 43.5 Å². The average molecular weight is 679 g/mol. The van der Waals surface area contributed by atoms with E-state index >= 15 is 8.42 Å². The van der Waals surface area contributed by atoms with Gasteiger partial charge in [0.25, 0.3) is 10.0 Å². The maximum atomic E-state index is 15.3. The zero-order valence-electron chi connectivity index (χ0n) is 26.0. The van der Waals surface area contributed by atoms with Gasteiger partial charge in [-0.2, -0.15) is 0 Å². The Labute approximate surface area is 269 Å². The van der Waals surface area contributed by atoms with E-state index in [1.165, 1.54) is 4.31 Å². The lowest BCUT2D eigenvalue weighted by Crippen LogP contribution is -2.66. The molecule has 0 radical (unpaired) electrons. The third kappa shape index (κ3) is 4.69. The number of benzene rings is 3. The highest BCUT2D eigenvalue weighted by molar-refractivity contribution is 9.09. The minimum absolute atomic E-state index is 0.0588. The Morgan fingerprint density at radius 3 is 2.07 bits per heavy atom. The lowest BCUT2D eigenvalue weighted by Gasteiger charge is -2.41. The lowest BCUT2D eigenvalue weighted by atomic mass is 9.89. The first kappa shape index (κ1) is 30.8. The van der Waals surface area contributed by atoms with Crippen molar-refractivity contribution in [2.45, 2.75) is 99.6 Å². The van der Waals surface area contributed by atoms with Crippen LogP contribution in [-0.4, -0.2) is 43.4 Å². The molecule has 3 heterocycles. The second-order valence-corrected chi connectivity index (χ2v) is 16.4. The summed E-state index contributed by atoms with van der Waals surface area (Å²) in [5, 5.41) is 2.95. The minimum Gasteiger partial charge on any atom is -0.342 e. The van der Waals surface area contributed by atoms with Gasteiger partial charge in [0.2, 0.25) is 11.8 Å². The first-order chi connectivity index (χ1) is 20.8. The van der Waals surface area contributed by atoms with Crippen molar-refractivity contribution in [1.82, 2.24) is 10.2 Å². The van der Waals surface area contributed by atoms with Crippen molar-refractivity contribution < 1.29 is 18.0 Å². The van der Waals surface area contributed by atoms with Crippen LogP contribution in [-0.2, 0) is 30.4 Å². The molecule has 0 aliphatic carbocycles. The monoisotopic (exact) mass is 677 g/mol. The van der Waals surface area contributed by atoms with Crippen LogP contribution >= 0.6 is 15.9 Å². The molecule has 4 atom stereocenters. The smallest absolute Gasteiger partial charge is 0.266 e. The van der Waals surface area contributed by atoms with Gasteiger partial charge in [-0.15, -0.1) is 0 Å². The number of amides is 2. The summed E-state index contributed by atoms with van der Waals surface area (Å²) in [5.74, 6) is -0.430. The van der Waals surface area contributed by atoms with Crippen molar-refractivity contribution in [2.24, 2.45) is 0 Å². The number of para-hydroxylation sites is 1. The van der Waals surface area contributed by atoms with E-state index in [9.17, 15) is 9.59 Å². The fraction of sp³-hybridized carbons (Fsp3) is 0.429. The molecule has 3 aliphatic rings. The Bertz CT molecular complexity index is 1710. The van der Waals surface area contributed by atoms with Crippen LogP contribution in [0.5, 0.6) is 0 Å². The van der Waals surface area contributed by atoms with E-state index in [0.717, 1.165) is 27.8 Å². The molecule has 44 heavy (non-hydrogen) atoms. The molecule has 1 N–H and O–H groups in total. The number of nitrogens with zero attached hydrogens (tertiary/aromatic N) is 2. The number of rotatable bonds is 7. The maximum Gasteiger partial charge on any atom is 0.266 e. The Kier molecular flexibility index (Phi) is 7.72. The summed E-state index contributed by atoms with van der Waals surface area (Å²) >= 11 is 3.95. The van der Waals surface area contributed by atoms with E-state index in [4.69, 9.17) is 0 Å². The minimum atomic E-state index is -4.23. The first-order valence-corrected chi connectivity index (χ1v) is 17.7. The largest absolute Gasteiger partial charge is 0.342 e. The molecule has 3 unspecified atom stereocenters. The number of carbonyl (C=O) groups is 2. The number of alkyl halides is 1. The molecule has 232 valence electrons. The Morgan fingerprint density at radius 1 is 0.886 bits per heavy atom. The van der Waals surface area contributed by atoms with E-state index < -0.39 is 32.6 Å². The highest BCUT2D eigenvalue weighted by atomic mass is 79.9. The van der Waals surface area contributed by atoms with Gasteiger partial charge in [-0.05, 0) is 51.6 Å². The van der Waals surface area contributed by atoms with Crippen LogP contribution in [0.2, 0.25) is 0 Å². The second-order valence-electron chi connectivity index (χ2n) is 13.3. The third-order valence-electron chi connectivity index (χ3n) is 9.36. The van der Waals surface area contributed by atoms with Crippen LogP contribution in [0.1, 0.15) is 93.5 Å². The van der Waals surface area contributed by atoms with Gasteiger partial charge >= 0.3 is 0 Å². The van der Waals surface area contributed by atoms with Crippen molar-refractivity contribution in [1.29, 1.82) is 0 Å². The quantitative estimate of drug-likeness (QED) is 0.289. The van der Waals surface area contributed by atoms with Gasteiger partial charge in [-0.1, -0.05) is 118 Å². The molecule has 7 nitrogen and oxygen atoms in total.